The number of hydrogen-bond donors (Lipinski definition) is 2. The van der Waals surface area contributed by atoms with Gasteiger partial charge in [-0.2, -0.15) is 0 Å². The summed E-state index contributed by atoms with van der Waals surface area (Å²) in [5.74, 6) is 0. The van der Waals surface area contributed by atoms with Gasteiger partial charge < -0.3 is 15.8 Å². The van der Waals surface area contributed by atoms with Crippen molar-refractivity contribution in [1.82, 2.24) is 10.3 Å². The molecule has 1 heterocycles. The fourth-order valence-electron chi connectivity index (χ4n) is 2.91. The van der Waals surface area contributed by atoms with Gasteiger partial charge in [0.2, 0.25) is 0 Å². The van der Waals surface area contributed by atoms with E-state index in [1.165, 1.54) is 16.9 Å². The smallest absolute Gasteiger partial charge is 0.407 e. The zero-order valence-electron chi connectivity index (χ0n) is 16.1. The SMILES string of the molecule is N[C@H](C=C[C@H](Cc1ccccc1)NC(=O)OCc1cncs1)Cc1ccccc1. The normalized spacial score (nSPS) is 13.1. The molecular weight excluding hydrogens is 382 g/mol. The van der Waals surface area contributed by atoms with Crippen LogP contribution in [0.2, 0.25) is 0 Å². The molecule has 3 aromatic rings. The maximum absolute atomic E-state index is 12.3. The van der Waals surface area contributed by atoms with Crippen LogP contribution < -0.4 is 11.1 Å². The molecule has 5 nitrogen and oxygen atoms in total. The van der Waals surface area contributed by atoms with Gasteiger partial charge in [-0.25, -0.2) is 4.79 Å². The maximum Gasteiger partial charge on any atom is 0.407 e. The van der Waals surface area contributed by atoms with Gasteiger partial charge in [-0.1, -0.05) is 72.8 Å². The Bertz CT molecular complexity index is 883. The largest absolute Gasteiger partial charge is 0.444 e. The molecule has 3 rings (SSSR count). The first-order valence-electron chi connectivity index (χ1n) is 9.51. The van der Waals surface area contributed by atoms with Crippen molar-refractivity contribution in [3.05, 3.63) is 101 Å². The molecule has 29 heavy (non-hydrogen) atoms. The molecule has 0 fully saturated rings. The van der Waals surface area contributed by atoms with Gasteiger partial charge in [0.05, 0.1) is 16.4 Å². The maximum atomic E-state index is 12.3. The fraction of sp³-hybridized carbons (Fsp3) is 0.217. The average Bonchev–Trinajstić information content (AvgIpc) is 3.26. The molecule has 0 bridgehead atoms. The monoisotopic (exact) mass is 407 g/mol. The van der Waals surface area contributed by atoms with Crippen LogP contribution in [-0.2, 0) is 24.2 Å². The third-order valence-electron chi connectivity index (χ3n) is 4.34. The van der Waals surface area contributed by atoms with E-state index in [1.54, 1.807) is 11.7 Å². The van der Waals surface area contributed by atoms with E-state index in [1.807, 2.05) is 60.7 Å². The van der Waals surface area contributed by atoms with Gasteiger partial charge in [0, 0.05) is 12.2 Å². The molecule has 6 heteroatoms. The highest BCUT2D eigenvalue weighted by atomic mass is 32.1. The first-order chi connectivity index (χ1) is 14.2. The molecule has 1 amide bonds. The minimum Gasteiger partial charge on any atom is -0.444 e. The van der Waals surface area contributed by atoms with Crippen LogP contribution in [0.4, 0.5) is 4.79 Å². The number of nitrogens with two attached hydrogens (primary N) is 1. The number of carbonyl (C=O) groups is 1. The van der Waals surface area contributed by atoms with Crippen molar-refractivity contribution in [2.75, 3.05) is 0 Å². The van der Waals surface area contributed by atoms with E-state index >= 15 is 0 Å². The Morgan fingerprint density at radius 2 is 1.69 bits per heavy atom. The number of ether oxygens (including phenoxy) is 1. The molecule has 0 aliphatic heterocycles. The second-order valence-corrected chi connectivity index (χ2v) is 7.69. The first-order valence-corrected chi connectivity index (χ1v) is 10.4. The van der Waals surface area contributed by atoms with Crippen molar-refractivity contribution in [2.45, 2.75) is 31.5 Å². The van der Waals surface area contributed by atoms with E-state index < -0.39 is 6.09 Å². The standard InChI is InChI=1S/C23H25N3O2S/c24-20(13-18-7-3-1-4-8-18)11-12-21(14-19-9-5-2-6-10-19)26-23(27)28-16-22-15-25-17-29-22/h1-12,15,17,20-21H,13-14,16,24H2,(H,26,27)/t20-,21-/m1/s1. The Morgan fingerprint density at radius 1 is 1.03 bits per heavy atom. The second-order valence-electron chi connectivity index (χ2n) is 6.72. The first kappa shape index (κ1) is 20.8. The Morgan fingerprint density at radius 3 is 2.31 bits per heavy atom. The van der Waals surface area contributed by atoms with Crippen LogP contribution in [0, 0.1) is 0 Å². The number of carbonyl (C=O) groups excluding carboxylic acids is 1. The summed E-state index contributed by atoms with van der Waals surface area (Å²) >= 11 is 1.45. The molecule has 150 valence electrons. The van der Waals surface area contributed by atoms with Crippen LogP contribution in [0.5, 0.6) is 0 Å². The van der Waals surface area contributed by atoms with Gasteiger partial charge in [-0.15, -0.1) is 11.3 Å². The topological polar surface area (TPSA) is 77.2 Å². The predicted molar refractivity (Wildman–Crippen MR) is 117 cm³/mol. The summed E-state index contributed by atoms with van der Waals surface area (Å²) in [6.45, 7) is 0.214. The highest BCUT2D eigenvalue weighted by Crippen LogP contribution is 2.09. The summed E-state index contributed by atoms with van der Waals surface area (Å²) in [6, 6.07) is 19.8. The summed E-state index contributed by atoms with van der Waals surface area (Å²) in [4.78, 5) is 17.1. The number of rotatable bonds is 9. The molecule has 2 atom stereocenters. The molecular formula is C23H25N3O2S. The molecule has 0 saturated carbocycles. The zero-order valence-corrected chi connectivity index (χ0v) is 16.9. The van der Waals surface area contributed by atoms with Gasteiger partial charge in [-0.05, 0) is 24.0 Å². The number of nitrogens with one attached hydrogen (secondary N) is 1. The minimum absolute atomic E-state index is 0.134. The quantitative estimate of drug-likeness (QED) is 0.524. The van der Waals surface area contributed by atoms with Crippen molar-refractivity contribution in [1.29, 1.82) is 0 Å². The van der Waals surface area contributed by atoms with Crippen LogP contribution in [-0.4, -0.2) is 23.2 Å². The average molecular weight is 408 g/mol. The van der Waals surface area contributed by atoms with Crippen LogP contribution in [0.15, 0.2) is 84.5 Å². The lowest BCUT2D eigenvalue weighted by Crippen LogP contribution is -2.36. The number of amides is 1. The summed E-state index contributed by atoms with van der Waals surface area (Å²) in [5.41, 5.74) is 10.3. The summed E-state index contributed by atoms with van der Waals surface area (Å²) < 4.78 is 5.31. The van der Waals surface area contributed by atoms with Crippen LogP contribution in [0.3, 0.4) is 0 Å². The van der Waals surface area contributed by atoms with Crippen LogP contribution in [0.1, 0.15) is 16.0 Å². The van der Waals surface area contributed by atoms with E-state index in [0.29, 0.717) is 6.42 Å². The molecule has 0 spiro atoms. The lowest BCUT2D eigenvalue weighted by molar-refractivity contribution is 0.138. The molecule has 0 radical (unpaired) electrons. The number of benzene rings is 2. The van der Waals surface area contributed by atoms with Crippen LogP contribution in [0.25, 0.3) is 0 Å². The molecule has 1 aromatic heterocycles. The van der Waals surface area contributed by atoms with Crippen molar-refractivity contribution < 1.29 is 9.53 Å². The third-order valence-corrected chi connectivity index (χ3v) is 5.09. The summed E-state index contributed by atoms with van der Waals surface area (Å²) in [6.07, 6.45) is 6.54. The summed E-state index contributed by atoms with van der Waals surface area (Å²) in [7, 11) is 0. The molecule has 0 aliphatic rings. The minimum atomic E-state index is -0.458. The van der Waals surface area contributed by atoms with Gasteiger partial charge in [-0.3, -0.25) is 4.98 Å². The Labute approximate surface area is 175 Å². The van der Waals surface area contributed by atoms with E-state index in [2.05, 4.69) is 22.4 Å². The third kappa shape index (κ3) is 7.52. The number of hydrogen-bond acceptors (Lipinski definition) is 5. The fourth-order valence-corrected chi connectivity index (χ4v) is 3.42. The lowest BCUT2D eigenvalue weighted by Gasteiger charge is -2.16. The van der Waals surface area contributed by atoms with Gasteiger partial charge in [0.1, 0.15) is 6.61 Å². The molecule has 2 aromatic carbocycles. The Hall–Kier alpha value is -2.96. The van der Waals surface area contributed by atoms with Gasteiger partial charge in [0.15, 0.2) is 0 Å². The van der Waals surface area contributed by atoms with E-state index in [9.17, 15) is 4.79 Å². The summed E-state index contributed by atoms with van der Waals surface area (Å²) in [5, 5.41) is 2.93. The molecule has 0 aliphatic carbocycles. The van der Waals surface area contributed by atoms with Crippen molar-refractivity contribution in [2.24, 2.45) is 5.73 Å². The molecule has 3 N–H and O–H groups in total. The van der Waals surface area contributed by atoms with Crippen molar-refractivity contribution in [3.63, 3.8) is 0 Å². The number of aromatic nitrogens is 1. The highest BCUT2D eigenvalue weighted by Gasteiger charge is 2.12. The Kier molecular flexibility index (Phi) is 7.98. The van der Waals surface area contributed by atoms with Gasteiger partial charge in [0.25, 0.3) is 0 Å². The van der Waals surface area contributed by atoms with Gasteiger partial charge >= 0.3 is 6.09 Å². The van der Waals surface area contributed by atoms with E-state index in [0.717, 1.165) is 16.9 Å². The Balaban J connectivity index is 1.59. The number of alkyl carbamates (subject to hydrolysis) is 1. The second kappa shape index (κ2) is 11.1. The highest BCUT2D eigenvalue weighted by molar-refractivity contribution is 7.09. The number of nitrogens with zero attached hydrogens (tertiary/aromatic N) is 1. The zero-order chi connectivity index (χ0) is 20.3. The van der Waals surface area contributed by atoms with Crippen molar-refractivity contribution in [3.8, 4) is 0 Å². The van der Waals surface area contributed by atoms with E-state index in [-0.39, 0.29) is 18.7 Å². The van der Waals surface area contributed by atoms with E-state index in [4.69, 9.17) is 10.5 Å². The molecule has 0 unspecified atom stereocenters. The van der Waals surface area contributed by atoms with Crippen LogP contribution >= 0.6 is 11.3 Å². The molecule has 0 saturated heterocycles. The van der Waals surface area contributed by atoms with Crippen molar-refractivity contribution >= 4 is 17.4 Å². The lowest BCUT2D eigenvalue weighted by atomic mass is 10.0. The predicted octanol–water partition coefficient (Wildman–Crippen LogP) is 4.11. The number of thiazole rings is 1.